The molecule has 0 amide bonds. The zero-order valence-electron chi connectivity index (χ0n) is 31.3. The first-order valence-electron chi connectivity index (χ1n) is 19.7. The van der Waals surface area contributed by atoms with E-state index in [1.807, 2.05) is 0 Å². The summed E-state index contributed by atoms with van der Waals surface area (Å²) in [7, 11) is 0. The number of nitrogens with zero attached hydrogens (tertiary/aromatic N) is 1. The maximum atomic E-state index is 2.46. The number of fused-ring (bicyclic) bond motifs is 8. The molecule has 0 unspecified atom stereocenters. The van der Waals surface area contributed by atoms with E-state index in [-0.39, 0.29) is 0 Å². The minimum atomic E-state index is 1.10. The second-order valence-electron chi connectivity index (χ2n) is 14.9. The van der Waals surface area contributed by atoms with Crippen LogP contribution < -0.4 is 4.90 Å². The number of hydrogen-bond donors (Lipinski definition) is 0. The second-order valence-corrected chi connectivity index (χ2v) is 14.9. The van der Waals surface area contributed by atoms with E-state index in [0.717, 1.165) is 17.1 Å². The van der Waals surface area contributed by atoms with Gasteiger partial charge < -0.3 is 4.90 Å². The fraction of sp³-hybridized carbons (Fsp3) is 0. The van der Waals surface area contributed by atoms with Gasteiger partial charge in [0.25, 0.3) is 0 Å². The number of hydrogen-bond acceptors (Lipinski definition) is 1. The molecule has 0 N–H and O–H groups in total. The van der Waals surface area contributed by atoms with Gasteiger partial charge in [0, 0.05) is 16.8 Å². The first kappa shape index (κ1) is 32.9. The van der Waals surface area contributed by atoms with Crippen molar-refractivity contribution in [1.29, 1.82) is 0 Å². The Morgan fingerprint density at radius 1 is 0.246 bits per heavy atom. The molecule has 0 heterocycles. The highest BCUT2D eigenvalue weighted by Gasteiger charge is 2.20. The second kappa shape index (κ2) is 13.7. The van der Waals surface area contributed by atoms with Gasteiger partial charge in [-0.3, -0.25) is 0 Å². The van der Waals surface area contributed by atoms with E-state index in [1.54, 1.807) is 0 Å². The van der Waals surface area contributed by atoms with E-state index in [4.69, 9.17) is 0 Å². The van der Waals surface area contributed by atoms with E-state index < -0.39 is 0 Å². The molecule has 0 atom stereocenters. The molecule has 0 saturated carbocycles. The highest BCUT2D eigenvalue weighted by atomic mass is 15.1. The lowest BCUT2D eigenvalue weighted by molar-refractivity contribution is 1.30. The Labute approximate surface area is 332 Å². The van der Waals surface area contributed by atoms with Crippen LogP contribution in [-0.4, -0.2) is 0 Å². The third kappa shape index (κ3) is 5.63. The van der Waals surface area contributed by atoms with E-state index in [0.29, 0.717) is 0 Å². The van der Waals surface area contributed by atoms with Crippen LogP contribution in [0.4, 0.5) is 17.1 Å². The SMILES string of the molecule is c1cc(-c2cccc3ccccc23)cc(N(c2ccc(-c3ccccc3-c3ccc4ccccc4c3)cc2)c2cccc3c4ccccc4c4ccccc4c23)c1. The minimum absolute atomic E-state index is 1.10. The Morgan fingerprint density at radius 3 is 1.49 bits per heavy atom. The van der Waals surface area contributed by atoms with Crippen LogP contribution in [0.1, 0.15) is 0 Å². The van der Waals surface area contributed by atoms with Gasteiger partial charge in [0.2, 0.25) is 0 Å². The van der Waals surface area contributed by atoms with Crippen LogP contribution in [0.25, 0.3) is 87.2 Å². The van der Waals surface area contributed by atoms with E-state index in [9.17, 15) is 0 Å². The van der Waals surface area contributed by atoms with Crippen molar-refractivity contribution in [3.8, 4) is 33.4 Å². The zero-order chi connectivity index (χ0) is 37.7. The molecule has 0 fully saturated rings. The number of benzene rings is 11. The van der Waals surface area contributed by atoms with Gasteiger partial charge in [0.15, 0.2) is 0 Å². The van der Waals surface area contributed by atoms with Gasteiger partial charge in [-0.25, -0.2) is 0 Å². The van der Waals surface area contributed by atoms with Crippen LogP contribution in [0.15, 0.2) is 224 Å². The predicted molar refractivity (Wildman–Crippen MR) is 245 cm³/mol. The smallest absolute Gasteiger partial charge is 0.0546 e. The Kier molecular flexibility index (Phi) is 7.89. The molecule has 11 aromatic carbocycles. The lowest BCUT2D eigenvalue weighted by Gasteiger charge is -2.28. The quantitative estimate of drug-likeness (QED) is 0.154. The van der Waals surface area contributed by atoms with Gasteiger partial charge in [-0.05, 0) is 118 Å². The van der Waals surface area contributed by atoms with Gasteiger partial charge in [0.1, 0.15) is 0 Å². The van der Waals surface area contributed by atoms with Crippen molar-refractivity contribution in [2.24, 2.45) is 0 Å². The summed E-state index contributed by atoms with van der Waals surface area (Å²) >= 11 is 0. The Balaban J connectivity index is 1.12. The summed E-state index contributed by atoms with van der Waals surface area (Å²) in [5.41, 5.74) is 10.6. The Bertz CT molecular complexity index is 3250. The summed E-state index contributed by atoms with van der Waals surface area (Å²) in [5, 5.41) is 12.5. The molecule has 0 radical (unpaired) electrons. The number of anilines is 3. The molecule has 0 aromatic heterocycles. The van der Waals surface area contributed by atoms with Crippen LogP contribution in [0, 0.1) is 0 Å². The van der Waals surface area contributed by atoms with Gasteiger partial charge in [-0.15, -0.1) is 0 Å². The van der Waals surface area contributed by atoms with Crippen LogP contribution in [0.3, 0.4) is 0 Å². The summed E-state index contributed by atoms with van der Waals surface area (Å²) in [5.74, 6) is 0. The standard InChI is InChI=1S/C56H37N/c1-2-16-41-36-43(31-30-38(41)14-1)48-22-6-5-21-47(48)40-32-34-44(35-33-40)57(45-19-11-18-42(37-45)49-27-12-17-39-15-3-4-20-46(39)49)55-29-13-28-54-52-24-8-7-23-50(52)51-25-9-10-26-53(51)56(54)55/h1-37H. The maximum Gasteiger partial charge on any atom is 0.0546 e. The summed E-state index contributed by atoms with van der Waals surface area (Å²) in [6.45, 7) is 0. The molecule has 1 heteroatoms. The van der Waals surface area contributed by atoms with Crippen LogP contribution >= 0.6 is 0 Å². The van der Waals surface area contributed by atoms with Crippen molar-refractivity contribution in [3.63, 3.8) is 0 Å². The molecule has 0 saturated heterocycles. The fourth-order valence-corrected chi connectivity index (χ4v) is 8.97. The molecular formula is C56H37N. The first-order valence-corrected chi connectivity index (χ1v) is 19.7. The minimum Gasteiger partial charge on any atom is -0.310 e. The van der Waals surface area contributed by atoms with Crippen molar-refractivity contribution >= 4 is 70.9 Å². The van der Waals surface area contributed by atoms with Crippen LogP contribution in [-0.2, 0) is 0 Å². The highest BCUT2D eigenvalue weighted by Crippen LogP contribution is 2.46. The normalized spacial score (nSPS) is 11.5. The Morgan fingerprint density at radius 2 is 0.737 bits per heavy atom. The zero-order valence-corrected chi connectivity index (χ0v) is 31.3. The van der Waals surface area contributed by atoms with E-state index in [2.05, 4.69) is 229 Å². The van der Waals surface area contributed by atoms with E-state index >= 15 is 0 Å². The van der Waals surface area contributed by atoms with Crippen molar-refractivity contribution in [1.82, 2.24) is 0 Å². The summed E-state index contributed by atoms with van der Waals surface area (Å²) in [6, 6.07) is 82.1. The lowest BCUT2D eigenvalue weighted by Crippen LogP contribution is -2.11. The van der Waals surface area contributed by atoms with Crippen molar-refractivity contribution < 1.29 is 0 Å². The third-order valence-corrected chi connectivity index (χ3v) is 11.6. The summed E-state index contributed by atoms with van der Waals surface area (Å²) < 4.78 is 0. The first-order chi connectivity index (χ1) is 28.3. The maximum absolute atomic E-state index is 2.46. The highest BCUT2D eigenvalue weighted by molar-refractivity contribution is 6.28. The molecule has 0 aliphatic carbocycles. The molecule has 266 valence electrons. The average Bonchev–Trinajstić information content (AvgIpc) is 3.29. The topological polar surface area (TPSA) is 3.24 Å². The van der Waals surface area contributed by atoms with Gasteiger partial charge >= 0.3 is 0 Å². The molecule has 57 heavy (non-hydrogen) atoms. The molecule has 0 bridgehead atoms. The molecule has 0 aliphatic rings. The third-order valence-electron chi connectivity index (χ3n) is 11.6. The number of rotatable bonds is 6. The summed E-state index contributed by atoms with van der Waals surface area (Å²) in [4.78, 5) is 2.46. The lowest BCUT2D eigenvalue weighted by atomic mass is 9.92. The largest absolute Gasteiger partial charge is 0.310 e. The monoisotopic (exact) mass is 723 g/mol. The molecule has 11 rings (SSSR count). The predicted octanol–water partition coefficient (Wildman–Crippen LogP) is 15.9. The van der Waals surface area contributed by atoms with Gasteiger partial charge in [-0.1, -0.05) is 188 Å². The van der Waals surface area contributed by atoms with Crippen molar-refractivity contribution in [3.05, 3.63) is 224 Å². The molecule has 0 spiro atoms. The van der Waals surface area contributed by atoms with E-state index in [1.165, 1.54) is 87.2 Å². The van der Waals surface area contributed by atoms with Crippen molar-refractivity contribution in [2.45, 2.75) is 0 Å². The fourth-order valence-electron chi connectivity index (χ4n) is 8.97. The summed E-state index contributed by atoms with van der Waals surface area (Å²) in [6.07, 6.45) is 0. The molecule has 1 nitrogen and oxygen atoms in total. The Hall–Kier alpha value is -7.48. The van der Waals surface area contributed by atoms with Crippen LogP contribution in [0.5, 0.6) is 0 Å². The molecule has 0 aliphatic heterocycles. The molecular weight excluding hydrogens is 687 g/mol. The molecule has 11 aromatic rings. The van der Waals surface area contributed by atoms with Crippen LogP contribution in [0.2, 0.25) is 0 Å². The average molecular weight is 724 g/mol. The van der Waals surface area contributed by atoms with Crippen molar-refractivity contribution in [2.75, 3.05) is 4.90 Å². The van der Waals surface area contributed by atoms with Gasteiger partial charge in [0.05, 0.1) is 5.69 Å². The van der Waals surface area contributed by atoms with Gasteiger partial charge in [-0.2, -0.15) is 0 Å².